The molecule has 1 atom stereocenters. The molecule has 5 aliphatic rings. The summed E-state index contributed by atoms with van der Waals surface area (Å²) >= 11 is 0. The van der Waals surface area contributed by atoms with Crippen LogP contribution < -0.4 is 5.32 Å². The van der Waals surface area contributed by atoms with Crippen LogP contribution in [0.1, 0.15) is 60.2 Å². The molecular formula is C26H30N2O3. The molecule has 0 radical (unpaired) electrons. The predicted molar refractivity (Wildman–Crippen MR) is 116 cm³/mol. The maximum atomic E-state index is 13.4. The average Bonchev–Trinajstić information content (AvgIpc) is 3.30. The van der Waals surface area contributed by atoms with E-state index in [0.29, 0.717) is 18.7 Å². The summed E-state index contributed by atoms with van der Waals surface area (Å²) in [6.45, 7) is 1.20. The summed E-state index contributed by atoms with van der Waals surface area (Å²) in [5.41, 5.74) is 2.54. The molecule has 0 saturated heterocycles. The first-order chi connectivity index (χ1) is 15.1. The van der Waals surface area contributed by atoms with Gasteiger partial charge in [0.2, 0.25) is 5.91 Å². The fourth-order valence-electron chi connectivity index (χ4n) is 7.41. The first kappa shape index (κ1) is 19.1. The van der Waals surface area contributed by atoms with Crippen molar-refractivity contribution in [2.45, 2.75) is 57.5 Å². The second-order valence-electron chi connectivity index (χ2n) is 10.5. The summed E-state index contributed by atoms with van der Waals surface area (Å²) in [4.78, 5) is 28.3. The third kappa shape index (κ3) is 3.38. The summed E-state index contributed by atoms with van der Waals surface area (Å²) in [6.07, 6.45) is 10.1. The normalized spacial score (nSPS) is 33.2. The Balaban J connectivity index is 1.22. The van der Waals surface area contributed by atoms with Gasteiger partial charge >= 0.3 is 0 Å². The van der Waals surface area contributed by atoms with Crippen LogP contribution in [0.25, 0.3) is 0 Å². The quantitative estimate of drug-likeness (QED) is 0.810. The van der Waals surface area contributed by atoms with E-state index in [4.69, 9.17) is 4.42 Å². The Bertz CT molecular complexity index is 961. The molecular weight excluding hydrogens is 388 g/mol. The smallest absolute Gasteiger partial charge is 0.290 e. The monoisotopic (exact) mass is 418 g/mol. The van der Waals surface area contributed by atoms with E-state index in [-0.39, 0.29) is 17.2 Å². The van der Waals surface area contributed by atoms with Crippen LogP contribution in [0.2, 0.25) is 0 Å². The molecule has 4 fully saturated rings. The van der Waals surface area contributed by atoms with Crippen LogP contribution in [-0.2, 0) is 17.8 Å². The number of carbonyl (C=O) groups excluding carboxylic acids is 2. The molecule has 5 nitrogen and oxygen atoms in total. The number of furan rings is 1. The van der Waals surface area contributed by atoms with E-state index >= 15 is 0 Å². The van der Waals surface area contributed by atoms with Crippen molar-refractivity contribution in [1.29, 1.82) is 0 Å². The van der Waals surface area contributed by atoms with Gasteiger partial charge in [-0.1, -0.05) is 24.3 Å². The average molecular weight is 419 g/mol. The number of nitrogens with one attached hydrogen (secondary N) is 1. The van der Waals surface area contributed by atoms with Crippen LogP contribution in [0, 0.1) is 23.2 Å². The second-order valence-corrected chi connectivity index (χ2v) is 10.5. The molecule has 7 rings (SSSR count). The first-order valence-electron chi connectivity index (χ1n) is 11.8. The van der Waals surface area contributed by atoms with Gasteiger partial charge in [-0.3, -0.25) is 9.59 Å². The van der Waals surface area contributed by atoms with Gasteiger partial charge in [-0.15, -0.1) is 0 Å². The molecule has 1 aromatic carbocycles. The number of hydrogen-bond acceptors (Lipinski definition) is 3. The summed E-state index contributed by atoms with van der Waals surface area (Å²) in [5.74, 6) is 2.64. The number of hydrogen-bond donors (Lipinski definition) is 1. The predicted octanol–water partition coefficient (Wildman–Crippen LogP) is 4.18. The maximum absolute atomic E-state index is 13.4. The lowest BCUT2D eigenvalue weighted by molar-refractivity contribution is -0.128. The molecule has 2 heterocycles. The summed E-state index contributed by atoms with van der Waals surface area (Å²) in [7, 11) is 0. The standard InChI is InChI=1S/C26H30N2O3/c29-24(27-16-26-12-17-8-18(13-26)10-19(9-17)14-26)22-11-20-4-1-2-5-21(20)15-28(22)25(30)23-6-3-7-31-23/h1-7,17-19,22H,8-16H2,(H,27,29). The third-order valence-electron chi connectivity index (χ3n) is 8.35. The molecule has 4 aliphatic carbocycles. The van der Waals surface area contributed by atoms with Gasteiger partial charge in [-0.2, -0.15) is 0 Å². The van der Waals surface area contributed by atoms with E-state index in [1.165, 1.54) is 44.8 Å². The minimum absolute atomic E-state index is 0.0230. The van der Waals surface area contributed by atoms with Crippen molar-refractivity contribution in [2.24, 2.45) is 23.2 Å². The molecule has 0 spiro atoms. The summed E-state index contributed by atoms with van der Waals surface area (Å²) in [6, 6.07) is 11.0. The van der Waals surface area contributed by atoms with Gasteiger partial charge in [0.1, 0.15) is 6.04 Å². The van der Waals surface area contributed by atoms with E-state index in [9.17, 15) is 9.59 Å². The molecule has 5 heteroatoms. The summed E-state index contributed by atoms with van der Waals surface area (Å²) < 4.78 is 5.37. The fraction of sp³-hybridized carbons (Fsp3) is 0.538. The third-order valence-corrected chi connectivity index (χ3v) is 8.35. The van der Waals surface area contributed by atoms with Gasteiger partial charge in [-0.25, -0.2) is 0 Å². The largest absolute Gasteiger partial charge is 0.459 e. The van der Waals surface area contributed by atoms with Crippen LogP contribution in [0.15, 0.2) is 47.1 Å². The van der Waals surface area contributed by atoms with Gasteiger partial charge in [0, 0.05) is 19.5 Å². The van der Waals surface area contributed by atoms with Crippen molar-refractivity contribution in [3.8, 4) is 0 Å². The van der Waals surface area contributed by atoms with Crippen LogP contribution in [0.5, 0.6) is 0 Å². The Labute approximate surface area is 183 Å². The Kier molecular flexibility index (Phi) is 4.48. The molecule has 31 heavy (non-hydrogen) atoms. The number of carbonyl (C=O) groups is 2. The number of rotatable bonds is 4. The highest BCUT2D eigenvalue weighted by Gasteiger charge is 2.51. The van der Waals surface area contributed by atoms with Crippen molar-refractivity contribution in [2.75, 3.05) is 6.54 Å². The van der Waals surface area contributed by atoms with Gasteiger partial charge in [-0.05, 0) is 85.0 Å². The van der Waals surface area contributed by atoms with Crippen molar-refractivity contribution in [1.82, 2.24) is 10.2 Å². The molecule has 4 bridgehead atoms. The van der Waals surface area contributed by atoms with E-state index in [1.54, 1.807) is 17.0 Å². The molecule has 2 amide bonds. The van der Waals surface area contributed by atoms with Crippen molar-refractivity contribution >= 4 is 11.8 Å². The number of fused-ring (bicyclic) bond motifs is 1. The van der Waals surface area contributed by atoms with Crippen molar-refractivity contribution < 1.29 is 14.0 Å². The van der Waals surface area contributed by atoms with Crippen LogP contribution in [0.3, 0.4) is 0 Å². The molecule has 2 aromatic rings. The number of nitrogens with zero attached hydrogens (tertiary/aromatic N) is 1. The molecule has 1 N–H and O–H groups in total. The maximum Gasteiger partial charge on any atom is 0.290 e. The lowest BCUT2D eigenvalue weighted by Crippen LogP contribution is -2.56. The van der Waals surface area contributed by atoms with Gasteiger partial charge in [0.25, 0.3) is 5.91 Å². The molecule has 1 aliphatic heterocycles. The molecule has 1 unspecified atom stereocenters. The van der Waals surface area contributed by atoms with Gasteiger partial charge < -0.3 is 14.6 Å². The minimum atomic E-state index is -0.499. The van der Waals surface area contributed by atoms with Crippen molar-refractivity contribution in [3.63, 3.8) is 0 Å². The summed E-state index contributed by atoms with van der Waals surface area (Å²) in [5, 5.41) is 3.31. The fourth-order valence-corrected chi connectivity index (χ4v) is 7.41. The SMILES string of the molecule is O=C(NCC12CC3CC(CC(C3)C1)C2)C1Cc2ccccc2CN1C(=O)c1ccco1. The van der Waals surface area contributed by atoms with Crippen molar-refractivity contribution in [3.05, 3.63) is 59.5 Å². The Hall–Kier alpha value is -2.56. The van der Waals surface area contributed by atoms with E-state index in [1.807, 2.05) is 18.2 Å². The highest BCUT2D eigenvalue weighted by molar-refractivity contribution is 5.96. The zero-order valence-corrected chi connectivity index (χ0v) is 17.9. The Morgan fingerprint density at radius 2 is 1.65 bits per heavy atom. The van der Waals surface area contributed by atoms with Crippen LogP contribution in [-0.4, -0.2) is 29.3 Å². The zero-order valence-electron chi connectivity index (χ0n) is 17.9. The lowest BCUT2D eigenvalue weighted by Gasteiger charge is -2.57. The second kappa shape index (κ2) is 7.25. The molecule has 4 saturated carbocycles. The van der Waals surface area contributed by atoms with E-state index in [0.717, 1.165) is 35.4 Å². The Morgan fingerprint density at radius 1 is 0.968 bits per heavy atom. The zero-order chi connectivity index (χ0) is 21.0. The highest BCUT2D eigenvalue weighted by atomic mass is 16.3. The van der Waals surface area contributed by atoms with Crippen LogP contribution in [0.4, 0.5) is 0 Å². The Morgan fingerprint density at radius 3 is 2.29 bits per heavy atom. The lowest BCUT2D eigenvalue weighted by atomic mass is 9.49. The minimum Gasteiger partial charge on any atom is -0.459 e. The van der Waals surface area contributed by atoms with Crippen LogP contribution >= 0.6 is 0 Å². The molecule has 162 valence electrons. The highest BCUT2D eigenvalue weighted by Crippen LogP contribution is 2.59. The van der Waals surface area contributed by atoms with Gasteiger partial charge in [0.05, 0.1) is 6.26 Å². The topological polar surface area (TPSA) is 62.6 Å². The first-order valence-corrected chi connectivity index (χ1v) is 11.8. The number of benzene rings is 1. The van der Waals surface area contributed by atoms with E-state index < -0.39 is 6.04 Å². The van der Waals surface area contributed by atoms with Gasteiger partial charge in [0.15, 0.2) is 5.76 Å². The molecule has 1 aromatic heterocycles. The van der Waals surface area contributed by atoms with E-state index in [2.05, 4.69) is 11.4 Å². The number of amides is 2.